The molecule has 3 rings (SSSR count). The second-order valence-corrected chi connectivity index (χ2v) is 6.73. The summed E-state index contributed by atoms with van der Waals surface area (Å²) in [5, 5.41) is 2.40. The number of ether oxygens (including phenoxy) is 1. The van der Waals surface area contributed by atoms with Gasteiger partial charge in [0, 0.05) is 12.1 Å². The normalized spacial score (nSPS) is 26.1. The molecular formula is C18H22F2N2O3. The number of hydrogen-bond donors (Lipinski definition) is 1. The molecule has 25 heavy (non-hydrogen) atoms. The molecule has 1 saturated carbocycles. The van der Waals surface area contributed by atoms with E-state index in [1.165, 1.54) is 7.11 Å². The van der Waals surface area contributed by atoms with Crippen LogP contribution < -0.4 is 5.32 Å². The zero-order chi connectivity index (χ0) is 18.0. The van der Waals surface area contributed by atoms with Crippen molar-refractivity contribution in [3.63, 3.8) is 0 Å². The summed E-state index contributed by atoms with van der Waals surface area (Å²) < 4.78 is 31.8. The Balaban J connectivity index is 1.72. The van der Waals surface area contributed by atoms with Crippen molar-refractivity contribution in [2.75, 3.05) is 19.0 Å². The van der Waals surface area contributed by atoms with Crippen LogP contribution in [0.15, 0.2) is 18.2 Å². The number of methoxy groups -OCH3 is 1. The number of fused-ring (bicyclic) bond motifs is 1. The van der Waals surface area contributed by atoms with Crippen molar-refractivity contribution in [2.45, 2.75) is 44.2 Å². The lowest BCUT2D eigenvalue weighted by Crippen LogP contribution is -2.46. The number of hydrogen-bond acceptors (Lipinski definition) is 4. The number of amides is 1. The van der Waals surface area contributed by atoms with Crippen molar-refractivity contribution in [3.05, 3.63) is 29.8 Å². The number of carbonyl (C=O) groups is 2. The molecule has 1 saturated heterocycles. The number of anilines is 1. The molecule has 0 aromatic heterocycles. The van der Waals surface area contributed by atoms with E-state index in [-0.39, 0.29) is 24.2 Å². The van der Waals surface area contributed by atoms with Crippen LogP contribution in [0.25, 0.3) is 0 Å². The molecule has 136 valence electrons. The molecule has 1 aromatic rings. The van der Waals surface area contributed by atoms with Gasteiger partial charge in [0.1, 0.15) is 17.7 Å². The number of halogens is 2. The zero-order valence-corrected chi connectivity index (χ0v) is 14.1. The van der Waals surface area contributed by atoms with E-state index in [0.29, 0.717) is 12.3 Å². The Morgan fingerprint density at radius 2 is 2.04 bits per heavy atom. The van der Waals surface area contributed by atoms with E-state index in [1.807, 2.05) is 4.90 Å². The first-order valence-electron chi connectivity index (χ1n) is 8.58. The first kappa shape index (κ1) is 17.8. The predicted molar refractivity (Wildman–Crippen MR) is 87.9 cm³/mol. The zero-order valence-electron chi connectivity index (χ0n) is 14.1. The lowest BCUT2D eigenvalue weighted by Gasteiger charge is -2.32. The number of carbonyl (C=O) groups excluding carboxylic acids is 2. The van der Waals surface area contributed by atoms with Gasteiger partial charge in [0.2, 0.25) is 5.91 Å². The predicted octanol–water partition coefficient (Wildman–Crippen LogP) is 2.71. The van der Waals surface area contributed by atoms with Crippen LogP contribution in [0.2, 0.25) is 0 Å². The number of rotatable bonds is 4. The molecule has 5 nitrogen and oxygen atoms in total. The van der Waals surface area contributed by atoms with Gasteiger partial charge in [-0.25, -0.2) is 8.78 Å². The Labute approximate surface area is 145 Å². The van der Waals surface area contributed by atoms with Crippen molar-refractivity contribution >= 4 is 17.6 Å². The van der Waals surface area contributed by atoms with E-state index in [2.05, 4.69) is 5.32 Å². The Hall–Kier alpha value is -2.02. The Bertz CT molecular complexity index is 668. The lowest BCUT2D eigenvalue weighted by molar-refractivity contribution is -0.146. The molecule has 2 fully saturated rings. The van der Waals surface area contributed by atoms with Crippen molar-refractivity contribution < 1.29 is 23.1 Å². The van der Waals surface area contributed by atoms with E-state index >= 15 is 0 Å². The fourth-order valence-corrected chi connectivity index (χ4v) is 4.10. The molecule has 1 aromatic carbocycles. The number of nitrogens with one attached hydrogen (secondary N) is 1. The van der Waals surface area contributed by atoms with Gasteiger partial charge in [-0.3, -0.25) is 14.5 Å². The van der Waals surface area contributed by atoms with E-state index in [1.54, 1.807) is 0 Å². The Morgan fingerprint density at radius 1 is 1.28 bits per heavy atom. The molecular weight excluding hydrogens is 330 g/mol. The third-order valence-corrected chi connectivity index (χ3v) is 5.22. The maximum atomic E-state index is 13.7. The second-order valence-electron chi connectivity index (χ2n) is 6.73. The average molecular weight is 352 g/mol. The van der Waals surface area contributed by atoms with Gasteiger partial charge in [-0.05, 0) is 37.3 Å². The van der Waals surface area contributed by atoms with Gasteiger partial charge >= 0.3 is 5.97 Å². The average Bonchev–Trinajstić information content (AvgIpc) is 2.96. The largest absolute Gasteiger partial charge is 0.468 e. The minimum Gasteiger partial charge on any atom is -0.468 e. The SMILES string of the molecule is COC(=O)C1CC2CCCCC2N1CC(=O)Nc1cc(F)ccc1F. The smallest absolute Gasteiger partial charge is 0.323 e. The van der Waals surface area contributed by atoms with E-state index in [4.69, 9.17) is 4.74 Å². The number of benzene rings is 1. The monoisotopic (exact) mass is 352 g/mol. The fraction of sp³-hybridized carbons (Fsp3) is 0.556. The van der Waals surface area contributed by atoms with Crippen LogP contribution in [0.1, 0.15) is 32.1 Å². The molecule has 1 aliphatic heterocycles. The molecule has 0 bridgehead atoms. The van der Waals surface area contributed by atoms with Crippen LogP contribution in [-0.4, -0.2) is 42.5 Å². The summed E-state index contributed by atoms with van der Waals surface area (Å²) in [7, 11) is 1.34. The summed E-state index contributed by atoms with van der Waals surface area (Å²) in [6.45, 7) is -0.0448. The summed E-state index contributed by atoms with van der Waals surface area (Å²) in [6, 6.07) is 2.60. The van der Waals surface area contributed by atoms with Crippen molar-refractivity contribution in [2.24, 2.45) is 5.92 Å². The Kier molecular flexibility index (Phi) is 5.32. The Morgan fingerprint density at radius 3 is 2.80 bits per heavy atom. The molecule has 1 N–H and O–H groups in total. The van der Waals surface area contributed by atoms with Crippen LogP contribution in [0.4, 0.5) is 14.5 Å². The molecule has 3 unspecified atom stereocenters. The standard InChI is InChI=1S/C18H22F2N2O3/c1-25-18(24)16-8-11-4-2-3-5-15(11)22(16)10-17(23)21-14-9-12(19)6-7-13(14)20/h6-7,9,11,15-16H,2-5,8,10H2,1H3,(H,21,23). The van der Waals surface area contributed by atoms with E-state index < -0.39 is 23.6 Å². The molecule has 0 radical (unpaired) electrons. The molecule has 2 aliphatic rings. The van der Waals surface area contributed by atoms with Gasteiger partial charge in [0.15, 0.2) is 0 Å². The topological polar surface area (TPSA) is 58.6 Å². The summed E-state index contributed by atoms with van der Waals surface area (Å²) in [4.78, 5) is 26.3. The van der Waals surface area contributed by atoms with Crippen LogP contribution in [-0.2, 0) is 14.3 Å². The summed E-state index contributed by atoms with van der Waals surface area (Å²) >= 11 is 0. The van der Waals surface area contributed by atoms with Gasteiger partial charge in [-0.1, -0.05) is 12.8 Å². The lowest BCUT2D eigenvalue weighted by atomic mass is 9.85. The minimum atomic E-state index is -0.698. The van der Waals surface area contributed by atoms with Gasteiger partial charge in [0.25, 0.3) is 0 Å². The second kappa shape index (κ2) is 7.47. The van der Waals surface area contributed by atoms with Crippen molar-refractivity contribution in [1.29, 1.82) is 0 Å². The van der Waals surface area contributed by atoms with E-state index in [9.17, 15) is 18.4 Å². The maximum Gasteiger partial charge on any atom is 0.323 e. The quantitative estimate of drug-likeness (QED) is 0.847. The highest BCUT2D eigenvalue weighted by Gasteiger charge is 2.46. The maximum absolute atomic E-state index is 13.7. The van der Waals surface area contributed by atoms with Gasteiger partial charge < -0.3 is 10.1 Å². The molecule has 1 amide bonds. The highest BCUT2D eigenvalue weighted by atomic mass is 19.1. The first-order chi connectivity index (χ1) is 12.0. The molecule has 1 aliphatic carbocycles. The van der Waals surface area contributed by atoms with Gasteiger partial charge in [0.05, 0.1) is 19.3 Å². The minimum absolute atomic E-state index is 0.0448. The molecule has 1 heterocycles. The molecule has 0 spiro atoms. The van der Waals surface area contributed by atoms with Crippen molar-refractivity contribution in [3.8, 4) is 0 Å². The van der Waals surface area contributed by atoms with Crippen LogP contribution >= 0.6 is 0 Å². The first-order valence-corrected chi connectivity index (χ1v) is 8.58. The molecule has 7 heteroatoms. The van der Waals surface area contributed by atoms with Crippen LogP contribution in [0.5, 0.6) is 0 Å². The fourth-order valence-electron chi connectivity index (χ4n) is 4.10. The van der Waals surface area contributed by atoms with Gasteiger partial charge in [-0.2, -0.15) is 0 Å². The molecule has 3 atom stereocenters. The number of likely N-dealkylation sites (tertiary alicyclic amines) is 1. The van der Waals surface area contributed by atoms with Gasteiger partial charge in [-0.15, -0.1) is 0 Å². The highest BCUT2D eigenvalue weighted by Crippen LogP contribution is 2.39. The summed E-state index contributed by atoms with van der Waals surface area (Å²) in [6.07, 6.45) is 4.84. The van der Waals surface area contributed by atoms with Crippen LogP contribution in [0, 0.1) is 17.6 Å². The highest BCUT2D eigenvalue weighted by molar-refractivity contribution is 5.93. The third-order valence-electron chi connectivity index (χ3n) is 5.22. The number of nitrogens with zero attached hydrogens (tertiary/aromatic N) is 1. The van der Waals surface area contributed by atoms with Crippen LogP contribution in [0.3, 0.4) is 0 Å². The number of esters is 1. The third kappa shape index (κ3) is 3.81. The summed E-state index contributed by atoms with van der Waals surface area (Å²) in [5.41, 5.74) is -0.195. The van der Waals surface area contributed by atoms with Crippen molar-refractivity contribution in [1.82, 2.24) is 4.90 Å². The van der Waals surface area contributed by atoms with E-state index in [0.717, 1.165) is 43.9 Å². The summed E-state index contributed by atoms with van der Waals surface area (Å²) in [5.74, 6) is -1.77.